The monoisotopic (exact) mass is 329 g/mol. The minimum atomic E-state index is -4.38. The topological polar surface area (TPSA) is 9.23 Å². The van der Waals surface area contributed by atoms with E-state index in [1.165, 1.54) is 12.1 Å². The number of benzene rings is 2. The van der Waals surface area contributed by atoms with Gasteiger partial charge in [0.05, 0.1) is 5.56 Å². The Hall–Kier alpha value is -1.49. The summed E-state index contributed by atoms with van der Waals surface area (Å²) in [6.07, 6.45) is -4.38. The van der Waals surface area contributed by atoms with Crippen molar-refractivity contribution < 1.29 is 17.9 Å². The Balaban J connectivity index is 2.29. The average molecular weight is 330 g/mol. The van der Waals surface area contributed by atoms with Crippen molar-refractivity contribution in [1.29, 1.82) is 0 Å². The maximum absolute atomic E-state index is 12.6. The molecular weight excluding hydrogens is 321 g/mol. The normalized spacial score (nSPS) is 11.4. The van der Waals surface area contributed by atoms with Crippen molar-refractivity contribution in [2.75, 3.05) is 0 Å². The highest BCUT2D eigenvalue weighted by Gasteiger charge is 2.30. The van der Waals surface area contributed by atoms with Gasteiger partial charge in [-0.15, -0.1) is 0 Å². The first-order valence-corrected chi connectivity index (χ1v) is 6.12. The van der Waals surface area contributed by atoms with Crippen LogP contribution in [0.15, 0.2) is 46.9 Å². The smallest absolute Gasteiger partial charge is 0.416 e. The molecule has 0 N–H and O–H groups in total. The highest BCUT2D eigenvalue weighted by Crippen LogP contribution is 2.33. The molecule has 1 nitrogen and oxygen atoms in total. The molecule has 19 heavy (non-hydrogen) atoms. The highest BCUT2D eigenvalue weighted by molar-refractivity contribution is 9.10. The third kappa shape index (κ3) is 3.50. The predicted octanol–water partition coefficient (Wildman–Crippen LogP) is 5.44. The molecule has 1 radical (unpaired) electrons. The van der Waals surface area contributed by atoms with Gasteiger partial charge in [0.25, 0.3) is 0 Å². The molecule has 0 aliphatic heterocycles. The Morgan fingerprint density at radius 1 is 1.05 bits per heavy atom. The molecule has 0 fully saturated rings. The van der Waals surface area contributed by atoms with Gasteiger partial charge in [0.15, 0.2) is 0 Å². The molecule has 0 heterocycles. The van der Waals surface area contributed by atoms with Crippen LogP contribution in [0.4, 0.5) is 13.2 Å². The third-order valence-electron chi connectivity index (χ3n) is 2.41. The van der Waals surface area contributed by atoms with Gasteiger partial charge in [0.2, 0.25) is 0 Å². The fourth-order valence-electron chi connectivity index (χ4n) is 1.51. The zero-order chi connectivity index (χ0) is 14.0. The number of halogens is 4. The molecule has 0 aromatic heterocycles. The van der Waals surface area contributed by atoms with E-state index in [9.17, 15) is 13.2 Å². The molecule has 99 valence electrons. The largest absolute Gasteiger partial charge is 0.457 e. The second-order valence-electron chi connectivity index (χ2n) is 3.88. The van der Waals surface area contributed by atoms with Crippen LogP contribution >= 0.6 is 15.9 Å². The van der Waals surface area contributed by atoms with Gasteiger partial charge in [-0.05, 0) is 48.9 Å². The second-order valence-corrected chi connectivity index (χ2v) is 4.80. The van der Waals surface area contributed by atoms with Crippen LogP contribution in [0.25, 0.3) is 0 Å². The van der Waals surface area contributed by atoms with E-state index in [-0.39, 0.29) is 5.75 Å². The maximum Gasteiger partial charge on any atom is 0.416 e. The summed E-state index contributed by atoms with van der Waals surface area (Å²) in [6, 6.07) is 9.84. The molecule has 0 spiro atoms. The maximum atomic E-state index is 12.6. The molecule has 0 aliphatic rings. The van der Waals surface area contributed by atoms with Crippen LogP contribution in [0.5, 0.6) is 11.5 Å². The van der Waals surface area contributed by atoms with E-state index in [1.54, 1.807) is 18.2 Å². The summed E-state index contributed by atoms with van der Waals surface area (Å²) in [5.41, 5.74) is -0.153. The Labute approximate surface area is 117 Å². The van der Waals surface area contributed by atoms with E-state index in [1.807, 2.05) is 0 Å². The summed E-state index contributed by atoms with van der Waals surface area (Å²) in [5.74, 6) is 0.546. The van der Waals surface area contributed by atoms with Crippen molar-refractivity contribution in [2.24, 2.45) is 0 Å². The van der Waals surface area contributed by atoms with Gasteiger partial charge in [0.1, 0.15) is 11.5 Å². The molecule has 0 aliphatic carbocycles. The zero-order valence-corrected chi connectivity index (χ0v) is 11.3. The molecule has 2 rings (SSSR count). The van der Waals surface area contributed by atoms with Crippen molar-refractivity contribution in [3.63, 3.8) is 0 Å². The van der Waals surface area contributed by atoms with Crippen LogP contribution in [-0.2, 0) is 6.18 Å². The lowest BCUT2D eigenvalue weighted by atomic mass is 10.2. The van der Waals surface area contributed by atoms with Crippen LogP contribution in [0.2, 0.25) is 0 Å². The minimum Gasteiger partial charge on any atom is -0.457 e. The van der Waals surface area contributed by atoms with E-state index in [4.69, 9.17) is 4.74 Å². The number of hydrogen-bond acceptors (Lipinski definition) is 1. The van der Waals surface area contributed by atoms with E-state index in [0.29, 0.717) is 11.3 Å². The summed E-state index contributed by atoms with van der Waals surface area (Å²) in [6.45, 7) is 3.77. The van der Waals surface area contributed by atoms with Gasteiger partial charge in [0, 0.05) is 4.47 Å². The molecule has 0 amide bonds. The zero-order valence-electron chi connectivity index (χ0n) is 9.67. The molecule has 5 heteroatoms. The summed E-state index contributed by atoms with van der Waals surface area (Å²) >= 11 is 3.28. The van der Waals surface area contributed by atoms with Crippen LogP contribution in [0.3, 0.4) is 0 Å². The lowest BCUT2D eigenvalue weighted by Gasteiger charge is -2.11. The van der Waals surface area contributed by atoms with Crippen molar-refractivity contribution >= 4 is 15.9 Å². The lowest BCUT2D eigenvalue weighted by molar-refractivity contribution is -0.137. The van der Waals surface area contributed by atoms with Crippen LogP contribution in [-0.4, -0.2) is 0 Å². The summed E-state index contributed by atoms with van der Waals surface area (Å²) in [5, 5.41) is 0. The third-order valence-corrected chi connectivity index (χ3v) is 2.90. The molecule has 2 aromatic carbocycles. The molecular formula is C14H9BrF3O. The van der Waals surface area contributed by atoms with Gasteiger partial charge in [-0.3, -0.25) is 0 Å². The van der Waals surface area contributed by atoms with Gasteiger partial charge < -0.3 is 4.74 Å². The average Bonchev–Trinajstić information content (AvgIpc) is 2.32. The fraction of sp³-hybridized carbons (Fsp3) is 0.0714. The van der Waals surface area contributed by atoms with Gasteiger partial charge in [-0.25, -0.2) is 0 Å². The van der Waals surface area contributed by atoms with E-state index in [2.05, 4.69) is 22.9 Å². The van der Waals surface area contributed by atoms with Crippen LogP contribution < -0.4 is 4.74 Å². The van der Waals surface area contributed by atoms with Gasteiger partial charge in [-0.1, -0.05) is 22.0 Å². The molecule has 0 atom stereocenters. The Bertz CT molecular complexity index is 593. The molecule has 0 unspecified atom stereocenters. The summed E-state index contributed by atoms with van der Waals surface area (Å²) in [7, 11) is 0. The van der Waals surface area contributed by atoms with Crippen LogP contribution in [0.1, 0.15) is 11.1 Å². The van der Waals surface area contributed by atoms with Crippen molar-refractivity contribution in [2.45, 2.75) is 6.18 Å². The number of alkyl halides is 3. The standard InChI is InChI=1S/C14H9BrF3O/c1-9-7-11(15)5-6-13(9)19-12-4-2-3-10(8-12)14(16,17)18/h2-8H,1H2. The molecule has 0 saturated carbocycles. The first-order chi connectivity index (χ1) is 8.86. The Kier molecular flexibility index (Phi) is 3.85. The Morgan fingerprint density at radius 2 is 1.79 bits per heavy atom. The fourth-order valence-corrected chi connectivity index (χ4v) is 1.92. The van der Waals surface area contributed by atoms with Gasteiger partial charge >= 0.3 is 6.18 Å². The molecule has 2 aromatic rings. The van der Waals surface area contributed by atoms with E-state index < -0.39 is 11.7 Å². The molecule has 0 saturated heterocycles. The second kappa shape index (κ2) is 5.25. The SMILES string of the molecule is [CH2]c1cc(Br)ccc1Oc1cccc(C(F)(F)F)c1. The predicted molar refractivity (Wildman–Crippen MR) is 70.1 cm³/mol. The Morgan fingerprint density at radius 3 is 2.42 bits per heavy atom. The summed E-state index contributed by atoms with van der Waals surface area (Å²) < 4.78 is 43.9. The van der Waals surface area contributed by atoms with Gasteiger partial charge in [-0.2, -0.15) is 13.2 Å². The van der Waals surface area contributed by atoms with E-state index in [0.717, 1.165) is 16.6 Å². The van der Waals surface area contributed by atoms with Crippen molar-refractivity contribution in [3.05, 3.63) is 65.0 Å². The van der Waals surface area contributed by atoms with Crippen molar-refractivity contribution in [1.82, 2.24) is 0 Å². The lowest BCUT2D eigenvalue weighted by Crippen LogP contribution is -2.04. The van der Waals surface area contributed by atoms with E-state index >= 15 is 0 Å². The van der Waals surface area contributed by atoms with Crippen LogP contribution in [0, 0.1) is 6.92 Å². The number of hydrogen-bond donors (Lipinski definition) is 0. The first kappa shape index (κ1) is 13.9. The van der Waals surface area contributed by atoms with Crippen molar-refractivity contribution in [3.8, 4) is 11.5 Å². The minimum absolute atomic E-state index is 0.127. The molecule has 0 bridgehead atoms. The first-order valence-electron chi connectivity index (χ1n) is 5.33. The summed E-state index contributed by atoms with van der Waals surface area (Å²) in [4.78, 5) is 0. The quantitative estimate of drug-likeness (QED) is 0.712. The highest BCUT2D eigenvalue weighted by atomic mass is 79.9. The number of rotatable bonds is 2. The number of ether oxygens (including phenoxy) is 1.